The van der Waals surface area contributed by atoms with Crippen molar-refractivity contribution in [2.45, 2.75) is 65.7 Å². The van der Waals surface area contributed by atoms with Gasteiger partial charge in [0.05, 0.1) is 6.61 Å². The van der Waals surface area contributed by atoms with Crippen molar-refractivity contribution in [1.82, 2.24) is 4.90 Å². The van der Waals surface area contributed by atoms with Crippen molar-refractivity contribution in [2.24, 2.45) is 0 Å². The SMILES string of the molecule is CCCCOc1ccc(C(=O)CCN(CCCC)CCCC)cc1.Cl. The van der Waals surface area contributed by atoms with Crippen molar-refractivity contribution >= 4 is 18.2 Å². The minimum atomic E-state index is 0. The van der Waals surface area contributed by atoms with Crippen LogP contribution in [0.4, 0.5) is 0 Å². The molecule has 0 radical (unpaired) electrons. The summed E-state index contributed by atoms with van der Waals surface area (Å²) in [7, 11) is 0. The lowest BCUT2D eigenvalue weighted by Gasteiger charge is -2.21. The molecule has 1 aromatic carbocycles. The molecule has 0 aliphatic rings. The Kier molecular flexibility index (Phi) is 14.6. The lowest BCUT2D eigenvalue weighted by molar-refractivity contribution is 0.0963. The normalized spacial score (nSPS) is 10.6. The number of ketones is 1. The van der Waals surface area contributed by atoms with E-state index in [0.29, 0.717) is 6.42 Å². The van der Waals surface area contributed by atoms with Gasteiger partial charge in [0, 0.05) is 18.5 Å². The number of Topliss-reactive ketones (excluding diaryl/α,β-unsaturated/α-hetero) is 1. The summed E-state index contributed by atoms with van der Waals surface area (Å²) in [6, 6.07) is 7.61. The van der Waals surface area contributed by atoms with Crippen LogP contribution in [0.1, 0.15) is 76.1 Å². The third-order valence-electron chi connectivity index (χ3n) is 4.25. The molecular weight excluding hydrogens is 334 g/mol. The zero-order chi connectivity index (χ0) is 17.6. The Hall–Kier alpha value is -1.06. The Morgan fingerprint density at radius 1 is 0.880 bits per heavy atom. The van der Waals surface area contributed by atoms with Gasteiger partial charge in [-0.3, -0.25) is 4.79 Å². The average molecular weight is 370 g/mol. The molecule has 0 amide bonds. The number of nitrogens with zero attached hydrogens (tertiary/aromatic N) is 1. The van der Waals surface area contributed by atoms with Crippen LogP contribution in [-0.4, -0.2) is 36.9 Å². The standard InChI is InChI=1S/C21H35NO2.ClH/c1-4-7-15-22(16-8-5-2)17-14-21(23)19-10-12-20(13-11-19)24-18-9-6-3;/h10-13H,4-9,14-18H2,1-3H3;1H. The lowest BCUT2D eigenvalue weighted by atomic mass is 10.1. The second-order valence-corrected chi connectivity index (χ2v) is 6.45. The first kappa shape index (κ1) is 23.9. The number of carbonyl (C=O) groups excluding carboxylic acids is 1. The van der Waals surface area contributed by atoms with Gasteiger partial charge in [-0.1, -0.05) is 40.0 Å². The third-order valence-corrected chi connectivity index (χ3v) is 4.25. The molecule has 0 aromatic heterocycles. The van der Waals surface area contributed by atoms with Crippen LogP contribution in [0.25, 0.3) is 0 Å². The summed E-state index contributed by atoms with van der Waals surface area (Å²) >= 11 is 0. The first-order valence-electron chi connectivity index (χ1n) is 9.69. The van der Waals surface area contributed by atoms with E-state index in [1.165, 1.54) is 25.7 Å². The van der Waals surface area contributed by atoms with Crippen LogP contribution < -0.4 is 4.74 Å². The molecule has 0 N–H and O–H groups in total. The Balaban J connectivity index is 0.00000576. The topological polar surface area (TPSA) is 29.5 Å². The summed E-state index contributed by atoms with van der Waals surface area (Å²) in [6.45, 7) is 10.4. The first-order chi connectivity index (χ1) is 11.7. The maximum Gasteiger partial charge on any atom is 0.164 e. The highest BCUT2D eigenvalue weighted by Crippen LogP contribution is 2.14. The lowest BCUT2D eigenvalue weighted by Crippen LogP contribution is -2.28. The minimum absolute atomic E-state index is 0. The highest BCUT2D eigenvalue weighted by molar-refractivity contribution is 5.96. The van der Waals surface area contributed by atoms with Crippen LogP contribution in [0, 0.1) is 0 Å². The molecule has 0 spiro atoms. The molecule has 0 aliphatic carbocycles. The van der Waals surface area contributed by atoms with Crippen LogP contribution in [-0.2, 0) is 0 Å². The van der Waals surface area contributed by atoms with Crippen LogP contribution in [0.2, 0.25) is 0 Å². The molecule has 144 valence electrons. The molecule has 4 heteroatoms. The molecule has 0 fully saturated rings. The van der Waals surface area contributed by atoms with E-state index in [1.807, 2.05) is 24.3 Å². The van der Waals surface area contributed by atoms with E-state index in [2.05, 4.69) is 25.7 Å². The fraction of sp³-hybridized carbons (Fsp3) is 0.667. The fourth-order valence-electron chi connectivity index (χ4n) is 2.57. The molecule has 0 aliphatic heterocycles. The number of ether oxygens (including phenoxy) is 1. The number of benzene rings is 1. The smallest absolute Gasteiger partial charge is 0.164 e. The Morgan fingerprint density at radius 3 is 1.96 bits per heavy atom. The van der Waals surface area contributed by atoms with Crippen molar-refractivity contribution < 1.29 is 9.53 Å². The van der Waals surface area contributed by atoms with Crippen LogP contribution in [0.3, 0.4) is 0 Å². The molecular formula is C21H36ClNO2. The monoisotopic (exact) mass is 369 g/mol. The summed E-state index contributed by atoms with van der Waals surface area (Å²) in [5.41, 5.74) is 0.795. The van der Waals surface area contributed by atoms with Gasteiger partial charge < -0.3 is 9.64 Å². The molecule has 0 saturated carbocycles. The van der Waals surface area contributed by atoms with Gasteiger partial charge in [0.25, 0.3) is 0 Å². The van der Waals surface area contributed by atoms with Gasteiger partial charge in [-0.25, -0.2) is 0 Å². The predicted octanol–water partition coefficient (Wildman–Crippen LogP) is 5.76. The third kappa shape index (κ3) is 10.5. The zero-order valence-corrected chi connectivity index (χ0v) is 17.1. The second-order valence-electron chi connectivity index (χ2n) is 6.45. The van der Waals surface area contributed by atoms with Crippen LogP contribution >= 0.6 is 12.4 Å². The number of rotatable bonds is 14. The van der Waals surface area contributed by atoms with Crippen molar-refractivity contribution in [3.63, 3.8) is 0 Å². The van der Waals surface area contributed by atoms with E-state index in [9.17, 15) is 4.79 Å². The predicted molar refractivity (Wildman–Crippen MR) is 109 cm³/mol. The van der Waals surface area contributed by atoms with Crippen molar-refractivity contribution in [2.75, 3.05) is 26.2 Å². The number of carbonyl (C=O) groups is 1. The molecule has 0 atom stereocenters. The van der Waals surface area contributed by atoms with Crippen LogP contribution in [0.15, 0.2) is 24.3 Å². The number of halogens is 1. The maximum absolute atomic E-state index is 12.4. The summed E-state index contributed by atoms with van der Waals surface area (Å²) in [4.78, 5) is 14.8. The van der Waals surface area contributed by atoms with Crippen LogP contribution in [0.5, 0.6) is 5.75 Å². The Labute approximate surface area is 160 Å². The second kappa shape index (κ2) is 15.2. The van der Waals surface area contributed by atoms with Gasteiger partial charge in [-0.15, -0.1) is 12.4 Å². The summed E-state index contributed by atoms with van der Waals surface area (Å²) in [5, 5.41) is 0. The average Bonchev–Trinajstić information content (AvgIpc) is 2.61. The molecule has 0 heterocycles. The van der Waals surface area contributed by atoms with E-state index in [4.69, 9.17) is 4.74 Å². The fourth-order valence-corrected chi connectivity index (χ4v) is 2.57. The minimum Gasteiger partial charge on any atom is -0.494 e. The summed E-state index contributed by atoms with van der Waals surface area (Å²) < 4.78 is 5.65. The molecule has 0 saturated heterocycles. The van der Waals surface area contributed by atoms with Crippen molar-refractivity contribution in [3.8, 4) is 5.75 Å². The summed E-state index contributed by atoms with van der Waals surface area (Å²) in [5.74, 6) is 1.08. The molecule has 1 rings (SSSR count). The maximum atomic E-state index is 12.4. The van der Waals surface area contributed by atoms with Crippen molar-refractivity contribution in [3.05, 3.63) is 29.8 Å². The van der Waals surface area contributed by atoms with E-state index >= 15 is 0 Å². The molecule has 25 heavy (non-hydrogen) atoms. The van der Waals surface area contributed by atoms with Gasteiger partial charge in [0.2, 0.25) is 0 Å². The van der Waals surface area contributed by atoms with Gasteiger partial charge in [-0.05, 0) is 56.6 Å². The van der Waals surface area contributed by atoms with Crippen molar-refractivity contribution in [1.29, 1.82) is 0 Å². The highest BCUT2D eigenvalue weighted by atomic mass is 35.5. The molecule has 3 nitrogen and oxygen atoms in total. The van der Waals surface area contributed by atoms with Gasteiger partial charge in [-0.2, -0.15) is 0 Å². The zero-order valence-electron chi connectivity index (χ0n) is 16.3. The molecule has 1 aromatic rings. The van der Waals surface area contributed by atoms with Gasteiger partial charge in [0.15, 0.2) is 5.78 Å². The van der Waals surface area contributed by atoms with Gasteiger partial charge in [0.1, 0.15) is 5.75 Å². The quantitative estimate of drug-likeness (QED) is 0.308. The Morgan fingerprint density at radius 2 is 1.44 bits per heavy atom. The van der Waals surface area contributed by atoms with Gasteiger partial charge >= 0.3 is 0 Å². The molecule has 0 bridgehead atoms. The number of unbranched alkanes of at least 4 members (excludes halogenated alkanes) is 3. The first-order valence-corrected chi connectivity index (χ1v) is 9.69. The Bertz CT molecular complexity index is 440. The van der Waals surface area contributed by atoms with E-state index in [-0.39, 0.29) is 18.2 Å². The number of hydrogen-bond acceptors (Lipinski definition) is 3. The largest absolute Gasteiger partial charge is 0.494 e. The van der Waals surface area contributed by atoms with E-state index in [0.717, 1.165) is 50.4 Å². The summed E-state index contributed by atoms with van der Waals surface area (Å²) in [6.07, 6.45) is 7.62. The highest BCUT2D eigenvalue weighted by Gasteiger charge is 2.10. The van der Waals surface area contributed by atoms with E-state index in [1.54, 1.807) is 0 Å². The molecule has 0 unspecified atom stereocenters. The number of hydrogen-bond donors (Lipinski definition) is 0. The van der Waals surface area contributed by atoms with E-state index < -0.39 is 0 Å².